The third-order valence-electron chi connectivity index (χ3n) is 9.58. The lowest BCUT2D eigenvalue weighted by Crippen LogP contribution is -2.65. The maximum atomic E-state index is 12.7. The monoisotopic (exact) mass is 492 g/mol. The van der Waals surface area contributed by atoms with Crippen molar-refractivity contribution >= 4 is 21.7 Å². The molecule has 5 heteroatoms. The first kappa shape index (κ1) is 22.3. The summed E-state index contributed by atoms with van der Waals surface area (Å²) in [5, 5.41) is 12.3. The van der Waals surface area contributed by atoms with Crippen LogP contribution in [0.3, 0.4) is 0 Å². The van der Waals surface area contributed by atoms with E-state index in [1.165, 1.54) is 5.57 Å². The Morgan fingerprint density at radius 3 is 2.61 bits per heavy atom. The molecule has 1 heterocycles. The Kier molecular flexibility index (Phi) is 5.22. The van der Waals surface area contributed by atoms with Crippen molar-refractivity contribution in [2.45, 2.75) is 89.9 Å². The number of carbonyl (C=O) groups excluding carboxylic acids is 1. The number of rotatable bonds is 2. The summed E-state index contributed by atoms with van der Waals surface area (Å²) in [6.45, 7) is 7.87. The van der Waals surface area contributed by atoms with Gasteiger partial charge in [-0.2, -0.15) is 0 Å². The van der Waals surface area contributed by atoms with Gasteiger partial charge in [-0.3, -0.25) is 4.79 Å². The van der Waals surface area contributed by atoms with Crippen molar-refractivity contribution in [3.8, 4) is 0 Å². The molecule has 5 atom stereocenters. The summed E-state index contributed by atoms with van der Waals surface area (Å²) in [6, 6.07) is 0. The van der Waals surface area contributed by atoms with Crippen LogP contribution in [0.2, 0.25) is 0 Å². The number of hydrogen-bond acceptors (Lipinski definition) is 4. The maximum Gasteiger partial charge on any atom is 0.171 e. The first-order valence-corrected chi connectivity index (χ1v) is 13.0. The maximum absolute atomic E-state index is 12.7. The van der Waals surface area contributed by atoms with Crippen LogP contribution in [0.25, 0.3) is 0 Å². The van der Waals surface area contributed by atoms with Crippen molar-refractivity contribution in [3.05, 3.63) is 22.7 Å². The summed E-state index contributed by atoms with van der Waals surface area (Å²) in [5.74, 6) is 0.618. The van der Waals surface area contributed by atoms with Crippen LogP contribution in [0.5, 0.6) is 0 Å². The zero-order chi connectivity index (χ0) is 22.1. The molecule has 172 valence electrons. The van der Waals surface area contributed by atoms with Gasteiger partial charge in [0.25, 0.3) is 0 Å². The van der Waals surface area contributed by atoms with Crippen LogP contribution in [0.4, 0.5) is 0 Å². The number of halogens is 1. The number of carbonyl (C=O) groups is 1. The first-order valence-electron chi connectivity index (χ1n) is 12.1. The molecule has 5 rings (SSSR count). The van der Waals surface area contributed by atoms with Gasteiger partial charge in [0.05, 0.1) is 18.8 Å². The molecule has 1 aliphatic heterocycles. The topological polar surface area (TPSA) is 55.8 Å². The predicted octanol–water partition coefficient (Wildman–Crippen LogP) is 5.68. The number of ketones is 1. The summed E-state index contributed by atoms with van der Waals surface area (Å²) >= 11 is 3.46. The predicted molar refractivity (Wildman–Crippen MR) is 124 cm³/mol. The fourth-order valence-electron chi connectivity index (χ4n) is 7.72. The first-order chi connectivity index (χ1) is 14.6. The number of fused-ring (bicyclic) bond motifs is 5. The van der Waals surface area contributed by atoms with Gasteiger partial charge < -0.3 is 14.6 Å². The number of hydrogen-bond donors (Lipinski definition) is 1. The van der Waals surface area contributed by atoms with Gasteiger partial charge in [-0.05, 0) is 55.3 Å². The molecule has 0 amide bonds. The smallest absolute Gasteiger partial charge is 0.171 e. The van der Waals surface area contributed by atoms with E-state index in [2.05, 4.69) is 48.9 Å². The average molecular weight is 493 g/mol. The largest absolute Gasteiger partial charge is 0.389 e. The van der Waals surface area contributed by atoms with Crippen LogP contribution in [0, 0.1) is 28.1 Å². The standard InChI is InChI=1S/C26H37BrO4/c1-22(2)16-30-26(31-17-22)13-12-24(9-4-14-27)20-8-10-23(3)19(5-6-21(23)28)18(20)7-11-25(24,29)15-26/h4,8,14,18-19,29H,5-7,9-13,15-17H2,1-3H3/t18-,19-,23-,24+,25+/m0/s1. The quantitative estimate of drug-likeness (QED) is 0.503. The van der Waals surface area contributed by atoms with Crippen molar-refractivity contribution in [1.82, 2.24) is 0 Å². The minimum Gasteiger partial charge on any atom is -0.389 e. The molecule has 0 unspecified atom stereocenters. The SMILES string of the molecule is CC1(C)COC2(CC[C@]3(CC=CBr)C4=CC[C@]5(C)C(=O)CC[C@H]5[C@@H]4CC[C@@]3(O)C2)OC1. The summed E-state index contributed by atoms with van der Waals surface area (Å²) in [5.41, 5.74) is 0.0998. The molecule has 1 spiro atoms. The molecule has 0 bridgehead atoms. The zero-order valence-corrected chi connectivity index (χ0v) is 20.8. The summed E-state index contributed by atoms with van der Waals surface area (Å²) in [7, 11) is 0. The summed E-state index contributed by atoms with van der Waals surface area (Å²) in [6.07, 6.45) is 11.8. The van der Waals surface area contributed by atoms with Crippen LogP contribution >= 0.6 is 15.9 Å². The highest BCUT2D eigenvalue weighted by atomic mass is 79.9. The molecule has 5 aliphatic rings. The Hall–Kier alpha value is -0.490. The van der Waals surface area contributed by atoms with E-state index in [4.69, 9.17) is 9.47 Å². The second kappa shape index (κ2) is 7.25. The minimum absolute atomic E-state index is 0.0180. The lowest BCUT2D eigenvalue weighted by molar-refractivity contribution is -0.343. The molecule has 0 aromatic rings. The Labute approximate surface area is 195 Å². The molecule has 1 saturated heterocycles. The number of Topliss-reactive ketones (excluding diaryl/α,β-unsaturated/α-hetero) is 1. The summed E-state index contributed by atoms with van der Waals surface area (Å²) in [4.78, 5) is 14.7. The van der Waals surface area contributed by atoms with Crippen molar-refractivity contribution < 1.29 is 19.4 Å². The van der Waals surface area contributed by atoms with Crippen LogP contribution in [0.1, 0.15) is 78.6 Å². The van der Waals surface area contributed by atoms with Crippen molar-refractivity contribution in [3.63, 3.8) is 0 Å². The van der Waals surface area contributed by atoms with Crippen LogP contribution in [0.15, 0.2) is 22.7 Å². The van der Waals surface area contributed by atoms with Gasteiger partial charge in [-0.25, -0.2) is 0 Å². The van der Waals surface area contributed by atoms with E-state index in [1.807, 2.05) is 4.99 Å². The van der Waals surface area contributed by atoms with E-state index in [0.29, 0.717) is 37.3 Å². The summed E-state index contributed by atoms with van der Waals surface area (Å²) < 4.78 is 12.7. The van der Waals surface area contributed by atoms with Gasteiger partial charge >= 0.3 is 0 Å². The molecule has 0 aromatic heterocycles. The van der Waals surface area contributed by atoms with Crippen molar-refractivity contribution in [1.29, 1.82) is 0 Å². The van der Waals surface area contributed by atoms with Gasteiger partial charge in [0, 0.05) is 35.5 Å². The van der Waals surface area contributed by atoms with E-state index < -0.39 is 11.4 Å². The molecule has 4 fully saturated rings. The third kappa shape index (κ3) is 3.20. The second-order valence-corrected chi connectivity index (χ2v) is 12.5. The van der Waals surface area contributed by atoms with Crippen molar-refractivity contribution in [2.24, 2.45) is 28.1 Å². The van der Waals surface area contributed by atoms with Crippen molar-refractivity contribution in [2.75, 3.05) is 13.2 Å². The highest BCUT2D eigenvalue weighted by Crippen LogP contribution is 2.67. The van der Waals surface area contributed by atoms with E-state index >= 15 is 0 Å². The number of ether oxygens (including phenoxy) is 2. The molecule has 0 aromatic carbocycles. The van der Waals surface area contributed by atoms with Crippen LogP contribution in [-0.2, 0) is 14.3 Å². The van der Waals surface area contributed by atoms with E-state index in [-0.39, 0.29) is 16.2 Å². The van der Waals surface area contributed by atoms with E-state index in [1.54, 1.807) is 0 Å². The van der Waals surface area contributed by atoms with E-state index in [9.17, 15) is 9.90 Å². The number of aliphatic hydroxyl groups is 1. The molecular weight excluding hydrogens is 456 g/mol. The highest BCUT2D eigenvalue weighted by molar-refractivity contribution is 9.11. The molecule has 4 aliphatic carbocycles. The van der Waals surface area contributed by atoms with Gasteiger partial charge in [0.2, 0.25) is 0 Å². The Morgan fingerprint density at radius 1 is 1.16 bits per heavy atom. The highest BCUT2D eigenvalue weighted by Gasteiger charge is 2.66. The second-order valence-electron chi connectivity index (χ2n) is 12.0. The number of allylic oxidation sites excluding steroid dienone is 2. The van der Waals surface area contributed by atoms with E-state index in [0.717, 1.165) is 51.4 Å². The lowest BCUT2D eigenvalue weighted by atomic mass is 9.45. The lowest BCUT2D eigenvalue weighted by Gasteiger charge is -2.63. The third-order valence-corrected chi connectivity index (χ3v) is 9.96. The van der Waals surface area contributed by atoms with Crippen LogP contribution in [-0.4, -0.2) is 35.5 Å². The molecule has 3 saturated carbocycles. The van der Waals surface area contributed by atoms with Gasteiger partial charge in [-0.15, -0.1) is 0 Å². The zero-order valence-electron chi connectivity index (χ0n) is 19.2. The van der Waals surface area contributed by atoms with Crippen LogP contribution < -0.4 is 0 Å². The minimum atomic E-state index is -0.849. The molecule has 1 N–H and O–H groups in total. The fourth-order valence-corrected chi connectivity index (χ4v) is 7.91. The Balaban J connectivity index is 1.51. The molecule has 4 nitrogen and oxygen atoms in total. The van der Waals surface area contributed by atoms with Gasteiger partial charge in [0.15, 0.2) is 5.79 Å². The normalized spacial score (nSPS) is 45.8. The molecule has 0 radical (unpaired) electrons. The molecule has 31 heavy (non-hydrogen) atoms. The fraction of sp³-hybridized carbons (Fsp3) is 0.808. The Bertz CT molecular complexity index is 821. The molecular formula is C26H37BrO4. The van der Waals surface area contributed by atoms with Gasteiger partial charge in [-0.1, -0.05) is 54.4 Å². The average Bonchev–Trinajstić information content (AvgIpc) is 3.04. The Morgan fingerprint density at radius 2 is 1.90 bits per heavy atom. The van der Waals surface area contributed by atoms with Gasteiger partial charge in [0.1, 0.15) is 5.78 Å².